The molecule has 6 nitrogen and oxygen atoms in total. The summed E-state index contributed by atoms with van der Waals surface area (Å²) in [5.74, 6) is 0.732. The second-order valence-electron chi connectivity index (χ2n) is 11.4. The van der Waals surface area contributed by atoms with E-state index in [0.717, 1.165) is 60.7 Å². The number of ether oxygens (including phenoxy) is 1. The zero-order valence-corrected chi connectivity index (χ0v) is 28.4. The van der Waals surface area contributed by atoms with Crippen molar-refractivity contribution in [3.8, 4) is 16.9 Å². The van der Waals surface area contributed by atoms with Crippen molar-refractivity contribution in [2.45, 2.75) is 66.4 Å². The van der Waals surface area contributed by atoms with Crippen molar-refractivity contribution < 1.29 is 29.4 Å². The summed E-state index contributed by atoms with van der Waals surface area (Å²) >= 11 is -0.493. The van der Waals surface area contributed by atoms with Crippen molar-refractivity contribution in [1.29, 1.82) is 0 Å². The van der Waals surface area contributed by atoms with Gasteiger partial charge >= 0.3 is 254 Å². The molecule has 3 aromatic rings. The van der Waals surface area contributed by atoms with Crippen LogP contribution in [-0.2, 0) is 26.2 Å². The predicted octanol–water partition coefficient (Wildman–Crippen LogP) is 5.17. The number of nitrogens with one attached hydrogen (secondary N) is 2. The summed E-state index contributed by atoms with van der Waals surface area (Å²) in [5.41, 5.74) is 10.7. The van der Waals surface area contributed by atoms with Crippen LogP contribution in [-0.4, -0.2) is 54.5 Å². The number of nitrogens with zero attached hydrogens (tertiary/aromatic N) is 1. The molecule has 0 spiro atoms. The Morgan fingerprint density at radius 3 is 1.83 bits per heavy atom. The van der Waals surface area contributed by atoms with E-state index < -0.39 is 26.2 Å². The van der Waals surface area contributed by atoms with Crippen molar-refractivity contribution in [2.75, 3.05) is 27.2 Å². The van der Waals surface area contributed by atoms with Crippen LogP contribution in [0.25, 0.3) is 11.1 Å². The summed E-state index contributed by atoms with van der Waals surface area (Å²) in [6.07, 6.45) is -0.109. The molecule has 0 aromatic heterocycles. The van der Waals surface area contributed by atoms with Gasteiger partial charge in [0.05, 0.1) is 0 Å². The first-order valence-electron chi connectivity index (χ1n) is 14.0. The zero-order chi connectivity index (χ0) is 30.2. The maximum atomic E-state index is 13.8. The number of sulfonamides is 1. The van der Waals surface area contributed by atoms with Crippen molar-refractivity contribution in [3.63, 3.8) is 0 Å². The molecule has 0 atom stereocenters. The predicted molar refractivity (Wildman–Crippen MR) is 168 cm³/mol. The monoisotopic (exact) mass is 663 g/mol. The molecule has 41 heavy (non-hydrogen) atoms. The number of benzene rings is 3. The molecule has 0 bridgehead atoms. The van der Waals surface area contributed by atoms with Crippen LogP contribution in [0.2, 0.25) is 0 Å². The summed E-state index contributed by atoms with van der Waals surface area (Å²) in [4.78, 5) is 0.265. The summed E-state index contributed by atoms with van der Waals surface area (Å²) in [6, 6.07) is 12.4. The molecule has 0 aliphatic carbocycles. The average Bonchev–Trinajstić information content (AvgIpc) is 3.35. The molecule has 222 valence electrons. The first-order valence-corrected chi connectivity index (χ1v) is 17.2. The van der Waals surface area contributed by atoms with Crippen LogP contribution in [0.5, 0.6) is 5.75 Å². The molecule has 8 heteroatoms. The second kappa shape index (κ2) is 12.5. The van der Waals surface area contributed by atoms with Crippen molar-refractivity contribution in [3.05, 3.63) is 80.9 Å². The molecular formula is C33H43N3O3RuS. The Balaban J connectivity index is 2.26. The van der Waals surface area contributed by atoms with Crippen LogP contribution >= 0.6 is 0 Å². The standard InChI is InChI=1S/C30H37NO3S.C3H6N2.Ru/c1-18(2)34-30-25(16-27-21(5)11-19(3)12-22(27)6)15-26(35(32,33)31(9)10)17-28(30)29-23(7)13-20(4)14-24(29)8;1-2-5-3-4-1;/h11-15,17-18H,1-10H3;4-5H,1-2H2;. The fourth-order valence-electron chi connectivity index (χ4n) is 5.57. The Morgan fingerprint density at radius 2 is 1.34 bits per heavy atom. The molecule has 0 radical (unpaired) electrons. The quantitative estimate of drug-likeness (QED) is 0.342. The Morgan fingerprint density at radius 1 is 0.829 bits per heavy atom. The molecule has 0 unspecified atom stereocenters. The molecule has 3 aromatic carbocycles. The molecule has 1 heterocycles. The van der Waals surface area contributed by atoms with Gasteiger partial charge in [-0.3, -0.25) is 0 Å². The van der Waals surface area contributed by atoms with Gasteiger partial charge in [-0.25, -0.2) is 0 Å². The van der Waals surface area contributed by atoms with E-state index in [1.807, 2.05) is 26.0 Å². The summed E-state index contributed by atoms with van der Waals surface area (Å²) < 4.78 is 37.8. The molecule has 4 rings (SSSR count). The fourth-order valence-corrected chi connectivity index (χ4v) is 9.16. The Hall–Kier alpha value is -2.35. The van der Waals surface area contributed by atoms with Gasteiger partial charge in [-0.2, -0.15) is 0 Å². The van der Waals surface area contributed by atoms with Crippen LogP contribution in [0.3, 0.4) is 0 Å². The first kappa shape index (κ1) is 31.6. The molecule has 0 saturated carbocycles. The van der Waals surface area contributed by atoms with Crippen LogP contribution in [0.4, 0.5) is 0 Å². The van der Waals surface area contributed by atoms with Crippen LogP contribution in [0.1, 0.15) is 58.4 Å². The number of hydrogen-bond acceptors (Lipinski definition) is 5. The topological polar surface area (TPSA) is 70.7 Å². The van der Waals surface area contributed by atoms with E-state index in [9.17, 15) is 8.42 Å². The normalized spacial score (nSPS) is 13.9. The summed E-state index contributed by atoms with van der Waals surface area (Å²) in [6.45, 7) is 18.5. The van der Waals surface area contributed by atoms with E-state index in [-0.39, 0.29) is 11.0 Å². The van der Waals surface area contributed by atoms with E-state index in [2.05, 4.69) is 76.4 Å². The van der Waals surface area contributed by atoms with Gasteiger partial charge in [0.25, 0.3) is 0 Å². The van der Waals surface area contributed by atoms with Crippen LogP contribution in [0.15, 0.2) is 41.3 Å². The van der Waals surface area contributed by atoms with E-state index in [4.69, 9.17) is 4.74 Å². The van der Waals surface area contributed by atoms with E-state index in [1.165, 1.54) is 26.6 Å². The summed E-state index contributed by atoms with van der Waals surface area (Å²) in [5, 5.41) is 7.06. The van der Waals surface area contributed by atoms with E-state index in [0.29, 0.717) is 0 Å². The van der Waals surface area contributed by atoms with Gasteiger partial charge in [0.2, 0.25) is 0 Å². The minimum atomic E-state index is -3.74. The van der Waals surface area contributed by atoms with Crippen molar-refractivity contribution in [2.24, 2.45) is 0 Å². The molecule has 1 fully saturated rings. The Bertz CT molecular complexity index is 1630. The van der Waals surface area contributed by atoms with Crippen molar-refractivity contribution in [1.82, 2.24) is 14.9 Å². The van der Waals surface area contributed by atoms with Gasteiger partial charge in [0, 0.05) is 0 Å². The van der Waals surface area contributed by atoms with Gasteiger partial charge in [0.15, 0.2) is 0 Å². The zero-order valence-electron chi connectivity index (χ0n) is 25.9. The SMILES string of the molecule is Cc1cc(C)c([C](=[Ru]=[C]2NCCN2)c2cc(S(=O)(=O)N(C)C)cc(-c3c(C)cc(C)cc3C)c2OC(C)C)c(C)c1. The molecule has 1 saturated heterocycles. The molecule has 2 N–H and O–H groups in total. The Labute approximate surface area is 253 Å². The first-order chi connectivity index (χ1) is 19.2. The average molecular weight is 663 g/mol. The number of hydrogen-bond donors (Lipinski definition) is 2. The second-order valence-corrected chi connectivity index (χ2v) is 15.7. The van der Waals surface area contributed by atoms with Crippen LogP contribution < -0.4 is 15.4 Å². The van der Waals surface area contributed by atoms with E-state index >= 15 is 0 Å². The third kappa shape index (κ3) is 6.68. The van der Waals surface area contributed by atoms with Crippen molar-refractivity contribution >= 4 is 18.5 Å². The third-order valence-corrected chi connectivity index (χ3v) is 11.3. The van der Waals surface area contributed by atoms with Gasteiger partial charge < -0.3 is 0 Å². The number of rotatable bonds is 7. The van der Waals surface area contributed by atoms with Gasteiger partial charge in [-0.1, -0.05) is 0 Å². The maximum absolute atomic E-state index is 13.8. The fraction of sp³-hybridized carbons (Fsp3) is 0.394. The third-order valence-electron chi connectivity index (χ3n) is 7.11. The summed E-state index contributed by atoms with van der Waals surface area (Å²) in [7, 11) is -0.571. The molecule has 1 aliphatic rings. The van der Waals surface area contributed by atoms with Gasteiger partial charge in [0.1, 0.15) is 0 Å². The Kier molecular flexibility index (Phi) is 9.62. The molecular weight excluding hydrogens is 620 g/mol. The van der Waals surface area contributed by atoms with E-state index in [1.54, 1.807) is 14.1 Å². The molecule has 0 amide bonds. The number of aryl methyl sites for hydroxylation is 6. The van der Waals surface area contributed by atoms with Gasteiger partial charge in [-0.15, -0.1) is 0 Å². The van der Waals surface area contributed by atoms with Crippen LogP contribution in [0, 0.1) is 41.5 Å². The minimum absolute atomic E-state index is 0.109. The molecule has 1 aliphatic heterocycles. The van der Waals surface area contributed by atoms with Gasteiger partial charge in [-0.05, 0) is 0 Å².